The van der Waals surface area contributed by atoms with Crippen molar-refractivity contribution in [2.75, 3.05) is 38.8 Å². The lowest BCUT2D eigenvalue weighted by atomic mass is 10.3. The van der Waals surface area contributed by atoms with Crippen molar-refractivity contribution >= 4 is 5.95 Å². The van der Waals surface area contributed by atoms with E-state index in [0.29, 0.717) is 25.6 Å². The van der Waals surface area contributed by atoms with E-state index in [9.17, 15) is 0 Å². The van der Waals surface area contributed by atoms with Crippen LogP contribution < -0.4 is 14.4 Å². The Balaban J connectivity index is 2.24. The fraction of sp³-hybridized carbons (Fsp3) is 0.600. The molecule has 0 N–H and O–H groups in total. The van der Waals surface area contributed by atoms with Crippen LogP contribution in [0.3, 0.4) is 0 Å². The molecular weight excluding hydrogens is 238 g/mol. The van der Waals surface area contributed by atoms with Crippen molar-refractivity contribution in [3.8, 4) is 18.1 Å². The maximum absolute atomic E-state index is 8.85. The van der Waals surface area contributed by atoms with Crippen molar-refractivity contribution < 1.29 is 14.2 Å². The molecule has 8 nitrogen and oxygen atoms in total. The van der Waals surface area contributed by atoms with E-state index in [4.69, 9.17) is 19.5 Å². The van der Waals surface area contributed by atoms with Crippen molar-refractivity contribution in [3.05, 3.63) is 0 Å². The normalized spacial score (nSPS) is 19.2. The van der Waals surface area contributed by atoms with Gasteiger partial charge in [0.1, 0.15) is 0 Å². The van der Waals surface area contributed by atoms with Gasteiger partial charge in [-0.05, 0) is 0 Å². The predicted octanol–water partition coefficient (Wildman–Crippen LogP) is -0.382. The number of aromatic nitrogens is 3. The molecule has 0 bridgehead atoms. The molecule has 0 amide bonds. The van der Waals surface area contributed by atoms with Gasteiger partial charge < -0.3 is 19.1 Å². The van der Waals surface area contributed by atoms with Crippen LogP contribution in [-0.4, -0.2) is 55.0 Å². The maximum atomic E-state index is 8.85. The largest absolute Gasteiger partial charge is 0.467 e. The second-order valence-electron chi connectivity index (χ2n) is 3.54. The molecule has 18 heavy (non-hydrogen) atoms. The van der Waals surface area contributed by atoms with Gasteiger partial charge in [-0.25, -0.2) is 0 Å². The molecule has 1 aromatic rings. The minimum absolute atomic E-state index is 0.178. The Morgan fingerprint density at radius 2 is 1.94 bits per heavy atom. The number of hydrogen-bond donors (Lipinski definition) is 0. The van der Waals surface area contributed by atoms with Crippen LogP contribution in [0.1, 0.15) is 0 Å². The van der Waals surface area contributed by atoms with E-state index in [1.807, 2.05) is 4.90 Å². The third-order valence-corrected chi connectivity index (χ3v) is 2.44. The van der Waals surface area contributed by atoms with Gasteiger partial charge in [-0.3, -0.25) is 0 Å². The molecule has 0 spiro atoms. The summed E-state index contributed by atoms with van der Waals surface area (Å²) in [4.78, 5) is 14.0. The number of nitrogens with zero attached hydrogens (tertiary/aromatic N) is 5. The van der Waals surface area contributed by atoms with Gasteiger partial charge in [0.15, 0.2) is 6.10 Å². The minimum Gasteiger partial charge on any atom is -0.467 e. The zero-order valence-electron chi connectivity index (χ0n) is 10.2. The van der Waals surface area contributed by atoms with E-state index in [-0.39, 0.29) is 12.0 Å². The molecule has 1 fully saturated rings. The lowest BCUT2D eigenvalue weighted by Gasteiger charge is -2.29. The smallest absolute Gasteiger partial charge is 0.324 e. The zero-order valence-corrected chi connectivity index (χ0v) is 10.2. The number of ether oxygens (including phenoxy) is 3. The Labute approximate surface area is 104 Å². The lowest BCUT2D eigenvalue weighted by Crippen LogP contribution is -2.42. The molecule has 1 aliphatic heterocycles. The third kappa shape index (κ3) is 2.57. The van der Waals surface area contributed by atoms with Crippen LogP contribution in [0.4, 0.5) is 5.95 Å². The summed E-state index contributed by atoms with van der Waals surface area (Å²) in [5, 5.41) is 8.85. The number of methoxy groups -OCH3 is 2. The summed E-state index contributed by atoms with van der Waals surface area (Å²) >= 11 is 0. The molecule has 2 heterocycles. The van der Waals surface area contributed by atoms with E-state index < -0.39 is 6.10 Å². The van der Waals surface area contributed by atoms with Gasteiger partial charge in [0, 0.05) is 6.54 Å². The first-order valence-corrected chi connectivity index (χ1v) is 5.37. The standard InChI is InChI=1S/C10H13N5O3/c1-16-9-12-8(13-10(14-9)17-2)15-3-4-18-7(5-11)6-15/h7H,3-4,6H2,1-2H3. The molecule has 1 unspecified atom stereocenters. The first-order valence-electron chi connectivity index (χ1n) is 5.37. The van der Waals surface area contributed by atoms with Gasteiger partial charge in [0.05, 0.1) is 33.4 Å². The van der Waals surface area contributed by atoms with Crippen LogP contribution in [0.15, 0.2) is 0 Å². The zero-order chi connectivity index (χ0) is 13.0. The Bertz CT molecular complexity index is 439. The van der Waals surface area contributed by atoms with Gasteiger partial charge in [-0.15, -0.1) is 4.98 Å². The van der Waals surface area contributed by atoms with Crippen molar-refractivity contribution in [2.24, 2.45) is 0 Å². The SMILES string of the molecule is COc1nc(OC)nc(N2CCOC(C#N)C2)n1. The fourth-order valence-electron chi connectivity index (χ4n) is 1.56. The molecule has 0 aliphatic carbocycles. The molecule has 1 aliphatic rings. The van der Waals surface area contributed by atoms with Crippen molar-refractivity contribution in [1.82, 2.24) is 15.0 Å². The van der Waals surface area contributed by atoms with Crippen LogP contribution in [0.25, 0.3) is 0 Å². The van der Waals surface area contributed by atoms with Crippen molar-refractivity contribution in [1.29, 1.82) is 5.26 Å². The number of anilines is 1. The molecule has 96 valence electrons. The average molecular weight is 251 g/mol. The number of nitriles is 1. The molecule has 1 atom stereocenters. The molecule has 8 heteroatoms. The van der Waals surface area contributed by atoms with Crippen LogP contribution in [-0.2, 0) is 4.74 Å². The first kappa shape index (κ1) is 12.3. The molecule has 1 aromatic heterocycles. The summed E-state index contributed by atoms with van der Waals surface area (Å²) in [5.41, 5.74) is 0. The molecule has 0 saturated carbocycles. The minimum atomic E-state index is -0.479. The van der Waals surface area contributed by atoms with Gasteiger partial charge in [-0.2, -0.15) is 15.2 Å². The summed E-state index contributed by atoms with van der Waals surface area (Å²) in [6.07, 6.45) is -0.479. The highest BCUT2D eigenvalue weighted by molar-refractivity contribution is 5.33. The number of morpholine rings is 1. The summed E-state index contributed by atoms with van der Waals surface area (Å²) < 4.78 is 15.2. The summed E-state index contributed by atoms with van der Waals surface area (Å²) in [7, 11) is 2.94. The van der Waals surface area contributed by atoms with E-state index in [0.717, 1.165) is 0 Å². The Hall–Kier alpha value is -2.14. The lowest BCUT2D eigenvalue weighted by molar-refractivity contribution is 0.0756. The fourth-order valence-corrected chi connectivity index (χ4v) is 1.56. The Morgan fingerprint density at radius 3 is 2.50 bits per heavy atom. The second-order valence-corrected chi connectivity index (χ2v) is 3.54. The average Bonchev–Trinajstić information content (AvgIpc) is 2.46. The van der Waals surface area contributed by atoms with Gasteiger partial charge in [0.2, 0.25) is 5.95 Å². The first-order chi connectivity index (χ1) is 8.76. The van der Waals surface area contributed by atoms with E-state index >= 15 is 0 Å². The topological polar surface area (TPSA) is 93.4 Å². The van der Waals surface area contributed by atoms with Crippen molar-refractivity contribution in [2.45, 2.75) is 6.10 Å². The monoisotopic (exact) mass is 251 g/mol. The number of hydrogen-bond acceptors (Lipinski definition) is 8. The maximum Gasteiger partial charge on any atom is 0.324 e. The highest BCUT2D eigenvalue weighted by atomic mass is 16.5. The molecule has 0 radical (unpaired) electrons. The second kappa shape index (κ2) is 5.46. The van der Waals surface area contributed by atoms with E-state index in [1.165, 1.54) is 14.2 Å². The van der Waals surface area contributed by atoms with Crippen LogP contribution in [0, 0.1) is 11.3 Å². The van der Waals surface area contributed by atoms with Gasteiger partial charge in [0.25, 0.3) is 0 Å². The highest BCUT2D eigenvalue weighted by Crippen LogP contribution is 2.18. The third-order valence-electron chi connectivity index (χ3n) is 2.44. The van der Waals surface area contributed by atoms with Crippen LogP contribution >= 0.6 is 0 Å². The van der Waals surface area contributed by atoms with Crippen LogP contribution in [0.5, 0.6) is 12.0 Å². The Kier molecular flexibility index (Phi) is 3.74. The highest BCUT2D eigenvalue weighted by Gasteiger charge is 2.23. The molecule has 2 rings (SSSR count). The van der Waals surface area contributed by atoms with Crippen molar-refractivity contribution in [3.63, 3.8) is 0 Å². The van der Waals surface area contributed by atoms with E-state index in [1.54, 1.807) is 0 Å². The summed E-state index contributed by atoms with van der Waals surface area (Å²) in [5.74, 6) is 0.419. The summed E-state index contributed by atoms with van der Waals surface area (Å²) in [6, 6.07) is 2.42. The van der Waals surface area contributed by atoms with E-state index in [2.05, 4.69) is 21.0 Å². The molecule has 0 aromatic carbocycles. The number of rotatable bonds is 3. The Morgan fingerprint density at radius 1 is 1.28 bits per heavy atom. The quantitative estimate of drug-likeness (QED) is 0.717. The van der Waals surface area contributed by atoms with Crippen LogP contribution in [0.2, 0.25) is 0 Å². The van der Waals surface area contributed by atoms with Gasteiger partial charge >= 0.3 is 12.0 Å². The summed E-state index contributed by atoms with van der Waals surface area (Å²) in [6.45, 7) is 1.47. The molecule has 1 saturated heterocycles. The predicted molar refractivity (Wildman–Crippen MR) is 60.5 cm³/mol. The molecular formula is C10H13N5O3. The van der Waals surface area contributed by atoms with Gasteiger partial charge in [-0.1, -0.05) is 0 Å².